The Balaban J connectivity index is 2.27. The summed E-state index contributed by atoms with van der Waals surface area (Å²) in [7, 11) is 0. The molecule has 0 saturated heterocycles. The smallest absolute Gasteiger partial charge is 0.167 e. The molecule has 2 aromatic rings. The van der Waals surface area contributed by atoms with E-state index in [4.69, 9.17) is 4.74 Å². The highest BCUT2D eigenvalue weighted by atomic mass is 19.1. The fraction of sp³-hybridized carbons (Fsp3) is 0.200. The van der Waals surface area contributed by atoms with Crippen molar-refractivity contribution in [1.82, 2.24) is 5.32 Å². The summed E-state index contributed by atoms with van der Waals surface area (Å²) < 4.78 is 32.4. The van der Waals surface area contributed by atoms with Gasteiger partial charge in [-0.15, -0.1) is 0 Å². The van der Waals surface area contributed by atoms with Gasteiger partial charge in [-0.3, -0.25) is 0 Å². The highest BCUT2D eigenvalue weighted by Gasteiger charge is 2.11. The zero-order valence-corrected chi connectivity index (χ0v) is 10.6. The van der Waals surface area contributed by atoms with E-state index >= 15 is 0 Å². The average Bonchev–Trinajstić information content (AvgIpc) is 2.39. The largest absolute Gasteiger partial charge is 0.454 e. The second-order valence-electron chi connectivity index (χ2n) is 4.07. The maximum atomic E-state index is 13.8. The van der Waals surface area contributed by atoms with E-state index in [-0.39, 0.29) is 11.5 Å². The molecule has 0 radical (unpaired) electrons. The summed E-state index contributed by atoms with van der Waals surface area (Å²) in [5.74, 6) is -0.460. The molecule has 0 aromatic heterocycles. The van der Waals surface area contributed by atoms with Gasteiger partial charge >= 0.3 is 0 Å². The van der Waals surface area contributed by atoms with Gasteiger partial charge in [-0.25, -0.2) is 8.78 Å². The number of para-hydroxylation sites is 1. The van der Waals surface area contributed by atoms with Crippen LogP contribution in [0.2, 0.25) is 0 Å². The Morgan fingerprint density at radius 2 is 1.89 bits per heavy atom. The molecular weight excluding hydrogens is 248 g/mol. The van der Waals surface area contributed by atoms with Gasteiger partial charge in [0.05, 0.1) is 0 Å². The monoisotopic (exact) mass is 263 g/mol. The van der Waals surface area contributed by atoms with Crippen molar-refractivity contribution < 1.29 is 13.5 Å². The quantitative estimate of drug-likeness (QED) is 0.884. The molecule has 0 aliphatic carbocycles. The lowest BCUT2D eigenvalue weighted by molar-refractivity contribution is 0.431. The minimum absolute atomic E-state index is 0.133. The standard InChI is InChI=1S/C15H15F2NO/c1-2-18-10-11-5-3-8-14(17)15(11)19-13-7-4-6-12(16)9-13/h3-9,18H,2,10H2,1H3. The van der Waals surface area contributed by atoms with Crippen LogP contribution < -0.4 is 10.1 Å². The Hall–Kier alpha value is -1.94. The second-order valence-corrected chi connectivity index (χ2v) is 4.07. The lowest BCUT2D eigenvalue weighted by Gasteiger charge is -2.12. The van der Waals surface area contributed by atoms with Crippen LogP contribution >= 0.6 is 0 Å². The van der Waals surface area contributed by atoms with Crippen LogP contribution in [0.4, 0.5) is 8.78 Å². The minimum Gasteiger partial charge on any atom is -0.454 e. The van der Waals surface area contributed by atoms with E-state index in [1.54, 1.807) is 18.2 Å². The predicted molar refractivity (Wildman–Crippen MR) is 70.3 cm³/mol. The summed E-state index contributed by atoms with van der Waals surface area (Å²) in [5.41, 5.74) is 0.700. The maximum Gasteiger partial charge on any atom is 0.167 e. The van der Waals surface area contributed by atoms with E-state index in [1.165, 1.54) is 24.3 Å². The fourth-order valence-corrected chi connectivity index (χ4v) is 1.72. The Kier molecular flexibility index (Phi) is 4.47. The van der Waals surface area contributed by atoms with Crippen molar-refractivity contribution >= 4 is 0 Å². The highest BCUT2D eigenvalue weighted by Crippen LogP contribution is 2.28. The molecule has 100 valence electrons. The molecule has 0 amide bonds. The van der Waals surface area contributed by atoms with Crippen molar-refractivity contribution in [3.63, 3.8) is 0 Å². The average molecular weight is 263 g/mol. The Bertz CT molecular complexity index is 558. The first-order valence-electron chi connectivity index (χ1n) is 6.12. The van der Waals surface area contributed by atoms with Crippen LogP contribution in [0.15, 0.2) is 42.5 Å². The van der Waals surface area contributed by atoms with Crippen LogP contribution in [0, 0.1) is 11.6 Å². The first-order chi connectivity index (χ1) is 9.20. The maximum absolute atomic E-state index is 13.8. The molecule has 0 bridgehead atoms. The van der Waals surface area contributed by atoms with E-state index in [2.05, 4.69) is 5.32 Å². The molecule has 0 heterocycles. The topological polar surface area (TPSA) is 21.3 Å². The third kappa shape index (κ3) is 3.51. The summed E-state index contributed by atoms with van der Waals surface area (Å²) in [6.07, 6.45) is 0. The molecule has 2 nitrogen and oxygen atoms in total. The molecule has 19 heavy (non-hydrogen) atoms. The zero-order chi connectivity index (χ0) is 13.7. The SMILES string of the molecule is CCNCc1cccc(F)c1Oc1cccc(F)c1. The van der Waals surface area contributed by atoms with Gasteiger partial charge < -0.3 is 10.1 Å². The molecule has 4 heteroatoms. The molecule has 0 unspecified atom stereocenters. The van der Waals surface area contributed by atoms with Crippen LogP contribution in [0.3, 0.4) is 0 Å². The summed E-state index contributed by atoms with van der Waals surface area (Å²) >= 11 is 0. The molecular formula is C15H15F2NO. The lowest BCUT2D eigenvalue weighted by atomic mass is 10.2. The van der Waals surface area contributed by atoms with E-state index in [0.29, 0.717) is 12.1 Å². The third-order valence-electron chi connectivity index (χ3n) is 2.63. The van der Waals surface area contributed by atoms with Crippen LogP contribution in [-0.2, 0) is 6.54 Å². The van der Waals surface area contributed by atoms with Crippen molar-refractivity contribution in [2.75, 3.05) is 6.54 Å². The molecule has 0 fully saturated rings. The van der Waals surface area contributed by atoms with Gasteiger partial charge in [0.15, 0.2) is 11.6 Å². The van der Waals surface area contributed by atoms with Crippen molar-refractivity contribution in [2.24, 2.45) is 0 Å². The van der Waals surface area contributed by atoms with Crippen LogP contribution in [0.1, 0.15) is 12.5 Å². The first-order valence-corrected chi connectivity index (χ1v) is 6.12. The van der Waals surface area contributed by atoms with Crippen molar-refractivity contribution in [3.8, 4) is 11.5 Å². The minimum atomic E-state index is -0.459. The van der Waals surface area contributed by atoms with E-state index in [0.717, 1.165) is 6.54 Å². The van der Waals surface area contributed by atoms with Gasteiger partial charge in [-0.1, -0.05) is 25.1 Å². The molecule has 0 spiro atoms. The number of rotatable bonds is 5. The Morgan fingerprint density at radius 1 is 1.11 bits per heavy atom. The number of benzene rings is 2. The number of halogens is 2. The van der Waals surface area contributed by atoms with Gasteiger partial charge in [0.2, 0.25) is 0 Å². The van der Waals surface area contributed by atoms with E-state index < -0.39 is 11.6 Å². The molecule has 0 aliphatic rings. The number of hydrogen-bond donors (Lipinski definition) is 1. The molecule has 2 aromatic carbocycles. The van der Waals surface area contributed by atoms with Crippen molar-refractivity contribution in [1.29, 1.82) is 0 Å². The Morgan fingerprint density at radius 3 is 2.63 bits per heavy atom. The summed E-state index contributed by atoms with van der Waals surface area (Å²) in [5, 5.41) is 3.11. The normalized spacial score (nSPS) is 10.5. The molecule has 0 aliphatic heterocycles. The third-order valence-corrected chi connectivity index (χ3v) is 2.63. The van der Waals surface area contributed by atoms with Gasteiger partial charge in [0, 0.05) is 18.2 Å². The van der Waals surface area contributed by atoms with E-state index in [9.17, 15) is 8.78 Å². The summed E-state index contributed by atoms with van der Waals surface area (Å²) in [6.45, 7) is 3.24. The summed E-state index contributed by atoms with van der Waals surface area (Å²) in [6, 6.07) is 10.4. The molecule has 0 atom stereocenters. The molecule has 1 N–H and O–H groups in total. The zero-order valence-electron chi connectivity index (χ0n) is 10.6. The lowest BCUT2D eigenvalue weighted by Crippen LogP contribution is -2.12. The van der Waals surface area contributed by atoms with E-state index in [1.807, 2.05) is 6.92 Å². The van der Waals surface area contributed by atoms with Crippen LogP contribution in [-0.4, -0.2) is 6.54 Å². The number of hydrogen-bond acceptors (Lipinski definition) is 2. The number of ether oxygens (including phenoxy) is 1. The van der Waals surface area contributed by atoms with Crippen LogP contribution in [0.25, 0.3) is 0 Å². The van der Waals surface area contributed by atoms with Crippen molar-refractivity contribution in [3.05, 3.63) is 59.7 Å². The highest BCUT2D eigenvalue weighted by molar-refractivity contribution is 5.39. The van der Waals surface area contributed by atoms with Gasteiger partial charge in [-0.05, 0) is 24.7 Å². The molecule has 2 rings (SSSR count). The van der Waals surface area contributed by atoms with Gasteiger partial charge in [-0.2, -0.15) is 0 Å². The fourth-order valence-electron chi connectivity index (χ4n) is 1.72. The van der Waals surface area contributed by atoms with Gasteiger partial charge in [0.25, 0.3) is 0 Å². The molecule has 0 saturated carbocycles. The predicted octanol–water partition coefficient (Wildman–Crippen LogP) is 3.87. The van der Waals surface area contributed by atoms with Gasteiger partial charge in [0.1, 0.15) is 11.6 Å². The van der Waals surface area contributed by atoms with Crippen molar-refractivity contribution in [2.45, 2.75) is 13.5 Å². The van der Waals surface area contributed by atoms with Crippen LogP contribution in [0.5, 0.6) is 11.5 Å². The number of nitrogens with one attached hydrogen (secondary N) is 1. The second kappa shape index (κ2) is 6.29. The first kappa shape index (κ1) is 13.5. The Labute approximate surface area is 111 Å². The summed E-state index contributed by atoms with van der Waals surface area (Å²) in [4.78, 5) is 0.